The molecular weight excluding hydrogens is 280 g/mol. The van der Waals surface area contributed by atoms with Crippen molar-refractivity contribution in [2.75, 3.05) is 5.75 Å². The smallest absolute Gasteiger partial charge is 0.168 e. The van der Waals surface area contributed by atoms with Crippen LogP contribution in [0, 0.1) is 0 Å². The number of hydrogen-bond acceptors (Lipinski definition) is 3. The van der Waals surface area contributed by atoms with Crippen LogP contribution in [0.4, 0.5) is 0 Å². The van der Waals surface area contributed by atoms with Crippen LogP contribution in [-0.2, 0) is 13.2 Å². The Balaban J connectivity index is 2.27. The summed E-state index contributed by atoms with van der Waals surface area (Å²) in [5.74, 6) is 1.02. The second-order valence-electron chi connectivity index (χ2n) is 4.22. The second kappa shape index (κ2) is 6.98. The SMILES string of the molecule is CCCSc1ncc(CO)n1Cc1ccccc1Cl. The molecule has 1 N–H and O–H groups in total. The molecule has 0 radical (unpaired) electrons. The molecule has 0 bridgehead atoms. The Hall–Kier alpha value is -0.970. The van der Waals surface area contributed by atoms with Gasteiger partial charge in [0.05, 0.1) is 25.0 Å². The highest BCUT2D eigenvalue weighted by molar-refractivity contribution is 7.99. The second-order valence-corrected chi connectivity index (χ2v) is 5.69. The maximum atomic E-state index is 9.40. The van der Waals surface area contributed by atoms with Crippen molar-refractivity contribution in [1.82, 2.24) is 9.55 Å². The lowest BCUT2D eigenvalue weighted by Crippen LogP contribution is -2.06. The predicted octanol–water partition coefficient (Wildman–Crippen LogP) is 3.58. The van der Waals surface area contributed by atoms with Crippen LogP contribution < -0.4 is 0 Å². The van der Waals surface area contributed by atoms with Crippen molar-refractivity contribution >= 4 is 23.4 Å². The van der Waals surface area contributed by atoms with Crippen LogP contribution in [0.3, 0.4) is 0 Å². The van der Waals surface area contributed by atoms with E-state index < -0.39 is 0 Å². The summed E-state index contributed by atoms with van der Waals surface area (Å²) in [6, 6.07) is 7.76. The highest BCUT2D eigenvalue weighted by atomic mass is 35.5. The molecule has 0 aliphatic heterocycles. The monoisotopic (exact) mass is 296 g/mol. The zero-order chi connectivity index (χ0) is 13.7. The molecule has 0 fully saturated rings. The molecule has 0 amide bonds. The average molecular weight is 297 g/mol. The van der Waals surface area contributed by atoms with Crippen LogP contribution >= 0.6 is 23.4 Å². The topological polar surface area (TPSA) is 38.1 Å². The van der Waals surface area contributed by atoms with Crippen LogP contribution in [0.1, 0.15) is 24.6 Å². The molecule has 0 saturated carbocycles. The number of rotatable bonds is 6. The minimum atomic E-state index is -0.00978. The van der Waals surface area contributed by atoms with Crippen LogP contribution in [0.25, 0.3) is 0 Å². The summed E-state index contributed by atoms with van der Waals surface area (Å²) < 4.78 is 2.03. The summed E-state index contributed by atoms with van der Waals surface area (Å²) in [6.07, 6.45) is 2.83. The summed E-state index contributed by atoms with van der Waals surface area (Å²) in [7, 11) is 0. The van der Waals surface area contributed by atoms with Crippen molar-refractivity contribution in [2.24, 2.45) is 0 Å². The van der Waals surface area contributed by atoms with Crippen molar-refractivity contribution < 1.29 is 5.11 Å². The maximum absolute atomic E-state index is 9.40. The van der Waals surface area contributed by atoms with Gasteiger partial charge >= 0.3 is 0 Å². The Morgan fingerprint density at radius 2 is 2.16 bits per heavy atom. The van der Waals surface area contributed by atoms with E-state index in [1.54, 1.807) is 18.0 Å². The first-order valence-electron chi connectivity index (χ1n) is 6.27. The van der Waals surface area contributed by atoms with Gasteiger partial charge in [-0.15, -0.1) is 0 Å². The number of hydrogen-bond donors (Lipinski definition) is 1. The standard InChI is InChI=1S/C14H17ClN2OS/c1-2-7-19-14-16-8-12(10-18)17(14)9-11-5-3-4-6-13(11)15/h3-6,8,18H,2,7,9-10H2,1H3. The molecule has 1 aromatic heterocycles. The molecule has 1 aromatic carbocycles. The van der Waals surface area contributed by atoms with E-state index in [0.29, 0.717) is 6.54 Å². The van der Waals surface area contributed by atoms with Crippen molar-refractivity contribution in [3.05, 3.63) is 46.7 Å². The normalized spacial score (nSPS) is 10.9. The van der Waals surface area contributed by atoms with E-state index in [1.807, 2.05) is 28.8 Å². The molecule has 1 heterocycles. The van der Waals surface area contributed by atoms with Gasteiger partial charge in [0.25, 0.3) is 0 Å². The van der Waals surface area contributed by atoms with Gasteiger partial charge in [-0.2, -0.15) is 0 Å². The van der Waals surface area contributed by atoms with Crippen molar-refractivity contribution in [1.29, 1.82) is 0 Å². The zero-order valence-corrected chi connectivity index (χ0v) is 12.4. The third kappa shape index (κ3) is 3.53. The van der Waals surface area contributed by atoms with Gasteiger partial charge in [0.1, 0.15) is 0 Å². The van der Waals surface area contributed by atoms with E-state index in [2.05, 4.69) is 11.9 Å². The molecular formula is C14H17ClN2OS. The third-order valence-electron chi connectivity index (χ3n) is 2.79. The Morgan fingerprint density at radius 3 is 2.84 bits per heavy atom. The van der Waals surface area contributed by atoms with Crippen LogP contribution in [0.15, 0.2) is 35.6 Å². The number of aromatic nitrogens is 2. The molecule has 0 spiro atoms. The summed E-state index contributed by atoms with van der Waals surface area (Å²) >= 11 is 7.90. The van der Waals surface area contributed by atoms with Gasteiger partial charge in [-0.25, -0.2) is 4.98 Å². The number of aliphatic hydroxyl groups is 1. The van der Waals surface area contributed by atoms with Crippen LogP contribution in [0.5, 0.6) is 0 Å². The number of nitrogens with zero attached hydrogens (tertiary/aromatic N) is 2. The Bertz CT molecular complexity index is 542. The van der Waals surface area contributed by atoms with Crippen LogP contribution in [0.2, 0.25) is 5.02 Å². The molecule has 0 atom stereocenters. The predicted molar refractivity (Wildman–Crippen MR) is 79.7 cm³/mol. The summed E-state index contributed by atoms with van der Waals surface area (Å²) in [5.41, 5.74) is 1.86. The fourth-order valence-corrected chi connectivity index (χ4v) is 2.84. The average Bonchev–Trinajstić information content (AvgIpc) is 2.81. The van der Waals surface area contributed by atoms with E-state index >= 15 is 0 Å². The third-order valence-corrected chi connectivity index (χ3v) is 4.35. The van der Waals surface area contributed by atoms with E-state index in [0.717, 1.165) is 33.6 Å². The lowest BCUT2D eigenvalue weighted by atomic mass is 10.2. The Kier molecular flexibility index (Phi) is 5.31. The molecule has 5 heteroatoms. The number of thioether (sulfide) groups is 1. The maximum Gasteiger partial charge on any atom is 0.168 e. The fraction of sp³-hybridized carbons (Fsp3) is 0.357. The van der Waals surface area contributed by atoms with Gasteiger partial charge in [-0.1, -0.05) is 48.5 Å². The number of imidazole rings is 1. The fourth-order valence-electron chi connectivity index (χ4n) is 1.79. The quantitative estimate of drug-likeness (QED) is 0.828. The molecule has 19 heavy (non-hydrogen) atoms. The van der Waals surface area contributed by atoms with Crippen molar-refractivity contribution in [3.8, 4) is 0 Å². The Morgan fingerprint density at radius 1 is 1.37 bits per heavy atom. The lowest BCUT2D eigenvalue weighted by Gasteiger charge is -2.11. The minimum absolute atomic E-state index is 0.00978. The Labute approximate surface area is 122 Å². The zero-order valence-electron chi connectivity index (χ0n) is 10.8. The van der Waals surface area contributed by atoms with Gasteiger partial charge < -0.3 is 9.67 Å². The molecule has 0 aliphatic rings. The lowest BCUT2D eigenvalue weighted by molar-refractivity contribution is 0.270. The first-order chi connectivity index (χ1) is 9.26. The number of halogens is 1. The molecule has 0 unspecified atom stereocenters. The van der Waals surface area contributed by atoms with Crippen molar-refractivity contribution in [3.63, 3.8) is 0 Å². The van der Waals surface area contributed by atoms with Gasteiger partial charge in [0.15, 0.2) is 5.16 Å². The molecule has 0 aliphatic carbocycles. The van der Waals surface area contributed by atoms with E-state index in [1.165, 1.54) is 0 Å². The minimum Gasteiger partial charge on any atom is -0.390 e. The van der Waals surface area contributed by atoms with Gasteiger partial charge in [-0.3, -0.25) is 0 Å². The first-order valence-corrected chi connectivity index (χ1v) is 7.64. The van der Waals surface area contributed by atoms with Gasteiger partial charge in [0.2, 0.25) is 0 Å². The van der Waals surface area contributed by atoms with Crippen LogP contribution in [-0.4, -0.2) is 20.4 Å². The molecule has 2 aromatic rings. The molecule has 2 rings (SSSR count). The van der Waals surface area contributed by atoms with E-state index in [9.17, 15) is 5.11 Å². The van der Waals surface area contributed by atoms with Crippen molar-refractivity contribution in [2.45, 2.75) is 31.7 Å². The molecule has 3 nitrogen and oxygen atoms in total. The molecule has 0 saturated heterocycles. The summed E-state index contributed by atoms with van der Waals surface area (Å²) in [4.78, 5) is 4.37. The van der Waals surface area contributed by atoms with Gasteiger partial charge in [0, 0.05) is 10.8 Å². The van der Waals surface area contributed by atoms with E-state index in [-0.39, 0.29) is 6.61 Å². The summed E-state index contributed by atoms with van der Waals surface area (Å²) in [6.45, 7) is 2.77. The number of benzene rings is 1. The largest absolute Gasteiger partial charge is 0.390 e. The van der Waals surface area contributed by atoms with E-state index in [4.69, 9.17) is 11.6 Å². The highest BCUT2D eigenvalue weighted by Gasteiger charge is 2.11. The highest BCUT2D eigenvalue weighted by Crippen LogP contribution is 2.23. The van der Waals surface area contributed by atoms with Gasteiger partial charge in [-0.05, 0) is 18.1 Å². The molecule has 102 valence electrons. The summed E-state index contributed by atoms with van der Waals surface area (Å²) in [5, 5.41) is 11.1. The number of aliphatic hydroxyl groups excluding tert-OH is 1. The first kappa shape index (κ1) is 14.4.